The van der Waals surface area contributed by atoms with Gasteiger partial charge >= 0.3 is 0 Å². The van der Waals surface area contributed by atoms with E-state index in [1.54, 1.807) is 17.0 Å². The molecule has 0 bridgehead atoms. The van der Waals surface area contributed by atoms with Gasteiger partial charge in [0.25, 0.3) is 0 Å². The number of nitrogens with zero attached hydrogens (tertiary/aromatic N) is 1. The number of benzene rings is 2. The number of ether oxygens (including phenoxy) is 1. The maximum Gasteiger partial charge on any atom is 0.240 e. The quantitative estimate of drug-likeness (QED) is 0.532. The van der Waals surface area contributed by atoms with Gasteiger partial charge in [-0.15, -0.1) is 0 Å². The summed E-state index contributed by atoms with van der Waals surface area (Å²) in [5.41, 5.74) is 2.35. The Hall–Kier alpha value is -2.75. The fraction of sp³-hybridized carbons (Fsp3) is 0.391. The zero-order valence-corrected chi connectivity index (χ0v) is 19.2. The van der Waals surface area contributed by atoms with Crippen molar-refractivity contribution in [3.05, 3.63) is 54.1 Å². The van der Waals surface area contributed by atoms with Crippen molar-refractivity contribution in [1.82, 2.24) is 4.72 Å². The predicted octanol–water partition coefficient (Wildman–Crippen LogP) is 2.69. The number of sulfonamides is 1. The average molecular weight is 460 g/mol. The summed E-state index contributed by atoms with van der Waals surface area (Å²) >= 11 is 0. The van der Waals surface area contributed by atoms with E-state index in [4.69, 9.17) is 4.74 Å². The number of aryl methyl sites for hydroxylation is 1. The van der Waals surface area contributed by atoms with Gasteiger partial charge in [-0.25, -0.2) is 13.1 Å². The number of anilines is 2. The van der Waals surface area contributed by atoms with Crippen LogP contribution >= 0.6 is 0 Å². The first kappa shape index (κ1) is 23.9. The van der Waals surface area contributed by atoms with E-state index in [0.717, 1.165) is 11.3 Å². The molecule has 1 fully saturated rings. The third kappa shape index (κ3) is 6.15. The Labute approximate surface area is 189 Å². The molecule has 2 aromatic carbocycles. The Morgan fingerprint density at radius 2 is 1.81 bits per heavy atom. The molecular weight excluding hydrogens is 430 g/mol. The number of amides is 2. The van der Waals surface area contributed by atoms with Crippen molar-refractivity contribution in [3.8, 4) is 0 Å². The molecule has 0 aromatic heterocycles. The molecule has 1 heterocycles. The number of carbonyl (C=O) groups is 2. The van der Waals surface area contributed by atoms with Crippen LogP contribution in [0, 0.1) is 12.8 Å². The van der Waals surface area contributed by atoms with Crippen LogP contribution in [0.15, 0.2) is 53.4 Å². The highest BCUT2D eigenvalue weighted by Gasteiger charge is 2.35. The third-order valence-corrected chi connectivity index (χ3v) is 6.71. The fourth-order valence-electron chi connectivity index (χ4n) is 3.43. The molecule has 8 nitrogen and oxygen atoms in total. The lowest BCUT2D eigenvalue weighted by molar-refractivity contribution is -0.122. The Morgan fingerprint density at radius 3 is 2.47 bits per heavy atom. The molecular formula is C23H29N3O5S. The summed E-state index contributed by atoms with van der Waals surface area (Å²) in [6.45, 7) is 5.55. The molecule has 32 heavy (non-hydrogen) atoms. The highest BCUT2D eigenvalue weighted by molar-refractivity contribution is 7.89. The molecule has 0 spiro atoms. The molecule has 2 aromatic rings. The lowest BCUT2D eigenvalue weighted by atomic mass is 10.1. The van der Waals surface area contributed by atoms with E-state index in [0.29, 0.717) is 31.9 Å². The summed E-state index contributed by atoms with van der Waals surface area (Å²) in [6.07, 6.45) is 0.721. The Kier molecular flexibility index (Phi) is 8.00. The van der Waals surface area contributed by atoms with Gasteiger partial charge in [-0.1, -0.05) is 17.7 Å². The van der Waals surface area contributed by atoms with E-state index < -0.39 is 15.9 Å². The van der Waals surface area contributed by atoms with E-state index in [1.807, 2.05) is 38.1 Å². The molecule has 1 aliphatic heterocycles. The van der Waals surface area contributed by atoms with Crippen LogP contribution in [-0.2, 0) is 24.3 Å². The first-order valence-corrected chi connectivity index (χ1v) is 12.1. The summed E-state index contributed by atoms with van der Waals surface area (Å²) in [4.78, 5) is 26.8. The zero-order chi connectivity index (χ0) is 23.1. The van der Waals surface area contributed by atoms with Crippen LogP contribution < -0.4 is 14.9 Å². The lowest BCUT2D eigenvalue weighted by Gasteiger charge is -2.17. The Balaban J connectivity index is 1.55. The molecule has 0 radical (unpaired) electrons. The summed E-state index contributed by atoms with van der Waals surface area (Å²) in [5, 5.41) is 2.78. The van der Waals surface area contributed by atoms with Crippen LogP contribution in [0.3, 0.4) is 0 Å². The molecule has 2 amide bonds. The van der Waals surface area contributed by atoms with Crippen LogP contribution in [0.25, 0.3) is 0 Å². The molecule has 3 rings (SSSR count). The van der Waals surface area contributed by atoms with E-state index in [9.17, 15) is 18.0 Å². The van der Waals surface area contributed by atoms with Crippen molar-refractivity contribution in [2.45, 2.75) is 31.6 Å². The first-order valence-electron chi connectivity index (χ1n) is 10.7. The van der Waals surface area contributed by atoms with Gasteiger partial charge in [-0.05, 0) is 56.7 Å². The molecule has 1 saturated heterocycles. The first-order chi connectivity index (χ1) is 15.3. The van der Waals surface area contributed by atoms with Crippen molar-refractivity contribution in [2.24, 2.45) is 5.92 Å². The second-order valence-corrected chi connectivity index (χ2v) is 9.47. The zero-order valence-electron chi connectivity index (χ0n) is 18.3. The van der Waals surface area contributed by atoms with Crippen molar-refractivity contribution < 1.29 is 22.7 Å². The summed E-state index contributed by atoms with van der Waals surface area (Å²) in [6, 6.07) is 13.6. The monoisotopic (exact) mass is 459 g/mol. The number of carbonyl (C=O) groups excluding carboxylic acids is 2. The number of nitrogens with one attached hydrogen (secondary N) is 2. The predicted molar refractivity (Wildman–Crippen MR) is 123 cm³/mol. The van der Waals surface area contributed by atoms with E-state index >= 15 is 0 Å². The number of rotatable bonds is 10. The highest BCUT2D eigenvalue weighted by atomic mass is 32.2. The number of hydrogen-bond acceptors (Lipinski definition) is 5. The smallest absolute Gasteiger partial charge is 0.240 e. The lowest BCUT2D eigenvalue weighted by Crippen LogP contribution is -2.28. The highest BCUT2D eigenvalue weighted by Crippen LogP contribution is 2.26. The largest absolute Gasteiger partial charge is 0.382 e. The van der Waals surface area contributed by atoms with Gasteiger partial charge < -0.3 is 15.0 Å². The molecule has 9 heteroatoms. The van der Waals surface area contributed by atoms with E-state index in [1.165, 1.54) is 12.1 Å². The summed E-state index contributed by atoms with van der Waals surface area (Å²) in [5.74, 6) is -0.831. The Bertz CT molecular complexity index is 1040. The SMILES string of the molecule is CCOCCCNS(=O)(=O)c1ccc(NC(=O)[C@H]2CC(=O)N(c3ccc(C)cc3)C2)cc1. The summed E-state index contributed by atoms with van der Waals surface area (Å²) < 4.78 is 32.4. The summed E-state index contributed by atoms with van der Waals surface area (Å²) in [7, 11) is -3.63. The van der Waals surface area contributed by atoms with Crippen LogP contribution in [-0.4, -0.2) is 46.5 Å². The second kappa shape index (κ2) is 10.7. The normalized spacial score (nSPS) is 16.4. The van der Waals surface area contributed by atoms with Gasteiger partial charge in [-0.2, -0.15) is 0 Å². The fourth-order valence-corrected chi connectivity index (χ4v) is 4.50. The van der Waals surface area contributed by atoms with Gasteiger partial charge in [0, 0.05) is 44.1 Å². The van der Waals surface area contributed by atoms with Crippen LogP contribution in [0.4, 0.5) is 11.4 Å². The van der Waals surface area contributed by atoms with Crippen LogP contribution in [0.5, 0.6) is 0 Å². The molecule has 0 unspecified atom stereocenters. The second-order valence-electron chi connectivity index (χ2n) is 7.70. The third-order valence-electron chi connectivity index (χ3n) is 5.24. The number of hydrogen-bond donors (Lipinski definition) is 2. The van der Waals surface area contributed by atoms with Crippen LogP contribution in [0.2, 0.25) is 0 Å². The molecule has 1 aliphatic rings. The van der Waals surface area contributed by atoms with Crippen LogP contribution in [0.1, 0.15) is 25.3 Å². The van der Waals surface area contributed by atoms with Crippen molar-refractivity contribution in [3.63, 3.8) is 0 Å². The van der Waals surface area contributed by atoms with Crippen molar-refractivity contribution in [2.75, 3.05) is 36.5 Å². The molecule has 0 saturated carbocycles. The minimum atomic E-state index is -3.63. The Morgan fingerprint density at radius 1 is 1.12 bits per heavy atom. The average Bonchev–Trinajstić information content (AvgIpc) is 3.16. The van der Waals surface area contributed by atoms with Gasteiger partial charge in [0.2, 0.25) is 21.8 Å². The maximum atomic E-state index is 12.7. The van der Waals surface area contributed by atoms with Gasteiger partial charge in [0.05, 0.1) is 10.8 Å². The molecule has 1 atom stereocenters. The van der Waals surface area contributed by atoms with Gasteiger partial charge in [-0.3, -0.25) is 9.59 Å². The molecule has 172 valence electrons. The molecule has 0 aliphatic carbocycles. The van der Waals surface area contributed by atoms with E-state index in [-0.39, 0.29) is 29.7 Å². The topological polar surface area (TPSA) is 105 Å². The maximum absolute atomic E-state index is 12.7. The van der Waals surface area contributed by atoms with Crippen molar-refractivity contribution in [1.29, 1.82) is 0 Å². The van der Waals surface area contributed by atoms with E-state index in [2.05, 4.69) is 10.0 Å². The molecule has 2 N–H and O–H groups in total. The van der Waals surface area contributed by atoms with Gasteiger partial charge in [0.15, 0.2) is 0 Å². The van der Waals surface area contributed by atoms with Gasteiger partial charge in [0.1, 0.15) is 0 Å². The standard InChI is InChI=1S/C23H29N3O5S/c1-3-31-14-4-13-24-32(29,30)21-11-7-19(8-12-21)25-23(28)18-15-22(27)26(16-18)20-9-5-17(2)6-10-20/h5-12,18,24H,3-4,13-16H2,1-2H3,(H,25,28)/t18-/m0/s1. The van der Waals surface area contributed by atoms with Crippen molar-refractivity contribution >= 4 is 33.2 Å². The minimum absolute atomic E-state index is 0.0918. The minimum Gasteiger partial charge on any atom is -0.382 e.